The van der Waals surface area contributed by atoms with Gasteiger partial charge in [0.15, 0.2) is 11.6 Å². The average Bonchev–Trinajstić information content (AvgIpc) is 2.96. The number of fused-ring (bicyclic) bond motifs is 1. The van der Waals surface area contributed by atoms with Crippen molar-refractivity contribution in [2.45, 2.75) is 37.7 Å². The number of hydrogen-bond acceptors (Lipinski definition) is 11. The number of ketones is 2. The van der Waals surface area contributed by atoms with Crippen molar-refractivity contribution in [2.75, 3.05) is 0 Å². The third-order valence-corrected chi connectivity index (χ3v) is 8.68. The molecule has 6 rings (SSSR count). The number of aromatic hydroxyl groups is 8. The van der Waals surface area contributed by atoms with E-state index < -0.39 is 52.7 Å². The van der Waals surface area contributed by atoms with E-state index in [9.17, 15) is 50.4 Å². The molecule has 0 saturated heterocycles. The Kier molecular flexibility index (Phi) is 7.39. The van der Waals surface area contributed by atoms with Gasteiger partial charge in [-0.15, -0.1) is 0 Å². The molecule has 4 atom stereocenters. The van der Waals surface area contributed by atoms with Crippen LogP contribution in [0, 0.1) is 5.92 Å². The summed E-state index contributed by atoms with van der Waals surface area (Å²) in [6.45, 7) is 1.78. The Labute approximate surface area is 262 Å². The fourth-order valence-electron chi connectivity index (χ4n) is 6.67. The summed E-state index contributed by atoms with van der Waals surface area (Å²) in [4.78, 5) is 27.4. The Morgan fingerprint density at radius 1 is 0.717 bits per heavy atom. The highest BCUT2D eigenvalue weighted by atomic mass is 16.5. The Morgan fingerprint density at radius 3 is 2.07 bits per heavy atom. The molecule has 11 heteroatoms. The number of phenolic OH excluding ortho intramolecular Hbond substituents is 8. The van der Waals surface area contributed by atoms with Gasteiger partial charge in [0, 0.05) is 53.1 Å². The second kappa shape index (κ2) is 11.3. The number of rotatable bonds is 5. The fraction of sp³-hybridized carbons (Fsp3) is 0.200. The van der Waals surface area contributed by atoms with Crippen LogP contribution < -0.4 is 4.74 Å². The van der Waals surface area contributed by atoms with Crippen molar-refractivity contribution < 1.29 is 55.2 Å². The lowest BCUT2D eigenvalue weighted by molar-refractivity contribution is 0.0841. The lowest BCUT2D eigenvalue weighted by atomic mass is 9.65. The quantitative estimate of drug-likeness (QED) is 0.0988. The van der Waals surface area contributed by atoms with Crippen molar-refractivity contribution in [3.8, 4) is 51.7 Å². The highest BCUT2D eigenvalue weighted by molar-refractivity contribution is 6.03. The maximum atomic E-state index is 14.4. The summed E-state index contributed by atoms with van der Waals surface area (Å²) in [6, 6.07) is 12.3. The predicted molar refractivity (Wildman–Crippen MR) is 163 cm³/mol. The molecular formula is C35H30O11. The number of phenols is 8. The molecule has 1 aliphatic carbocycles. The molecule has 11 nitrogen and oxygen atoms in total. The zero-order chi connectivity index (χ0) is 33.0. The highest BCUT2D eigenvalue weighted by Gasteiger charge is 2.44. The van der Waals surface area contributed by atoms with E-state index in [1.807, 2.05) is 0 Å². The number of allylic oxidation sites excluding steroid dienone is 2. The fourth-order valence-corrected chi connectivity index (χ4v) is 6.67. The summed E-state index contributed by atoms with van der Waals surface area (Å²) in [5, 5.41) is 84.5. The predicted octanol–water partition coefficient (Wildman–Crippen LogP) is 5.75. The van der Waals surface area contributed by atoms with Gasteiger partial charge in [0.05, 0.1) is 12.0 Å². The average molecular weight is 627 g/mol. The van der Waals surface area contributed by atoms with Crippen LogP contribution in [0.1, 0.15) is 75.1 Å². The van der Waals surface area contributed by atoms with Crippen molar-refractivity contribution in [3.05, 3.63) is 100 Å². The van der Waals surface area contributed by atoms with Crippen molar-refractivity contribution >= 4 is 11.6 Å². The maximum Gasteiger partial charge on any atom is 0.174 e. The lowest BCUT2D eigenvalue weighted by Gasteiger charge is -2.37. The Morgan fingerprint density at radius 2 is 1.37 bits per heavy atom. The van der Waals surface area contributed by atoms with Gasteiger partial charge in [0.25, 0.3) is 0 Å². The molecule has 0 bridgehead atoms. The van der Waals surface area contributed by atoms with Crippen LogP contribution in [0.15, 0.2) is 72.3 Å². The third kappa shape index (κ3) is 5.15. The molecule has 2 aliphatic rings. The van der Waals surface area contributed by atoms with Crippen molar-refractivity contribution in [3.63, 3.8) is 0 Å². The van der Waals surface area contributed by atoms with Gasteiger partial charge in [0.2, 0.25) is 0 Å². The standard InChI is InChI=1S/C35H30O11/c1-15-8-22(19-4-2-16(36)10-25(19)40)31(34(44)20-5-3-17(37)11-26(20)41)23(9-15)32-24(39)7-6-21(35(32)45)29-14-28(43)33-27(42)12-18(38)13-30(33)46-29/h2-7,9-13,22-23,29,31,36-42,45H,8,14H2,1H3/t22-,23-,29?,31?/m0/s1. The number of Topliss-reactive ketones (excluding diaryl/α,β-unsaturated/α-hetero) is 2. The van der Waals surface area contributed by atoms with Gasteiger partial charge in [-0.2, -0.15) is 0 Å². The Balaban J connectivity index is 1.51. The number of hydrogen-bond donors (Lipinski definition) is 8. The second-order valence-corrected chi connectivity index (χ2v) is 11.7. The van der Waals surface area contributed by atoms with E-state index in [0.717, 1.165) is 29.8 Å². The van der Waals surface area contributed by atoms with Gasteiger partial charge >= 0.3 is 0 Å². The van der Waals surface area contributed by atoms with Gasteiger partial charge in [-0.05, 0) is 49.2 Å². The van der Waals surface area contributed by atoms with Crippen LogP contribution in [0.2, 0.25) is 0 Å². The van der Waals surface area contributed by atoms with E-state index in [-0.39, 0.29) is 69.6 Å². The van der Waals surface area contributed by atoms with Gasteiger partial charge in [-0.25, -0.2) is 0 Å². The molecule has 46 heavy (non-hydrogen) atoms. The minimum Gasteiger partial charge on any atom is -0.508 e. The molecule has 4 aromatic carbocycles. The van der Waals surface area contributed by atoms with Gasteiger partial charge in [-0.3, -0.25) is 9.59 Å². The summed E-state index contributed by atoms with van der Waals surface area (Å²) >= 11 is 0. The highest BCUT2D eigenvalue weighted by Crippen LogP contribution is 2.54. The van der Waals surface area contributed by atoms with Gasteiger partial charge in [-0.1, -0.05) is 17.7 Å². The monoisotopic (exact) mass is 626 g/mol. The molecule has 1 heterocycles. The van der Waals surface area contributed by atoms with Crippen LogP contribution in [0.25, 0.3) is 0 Å². The topological polar surface area (TPSA) is 205 Å². The summed E-state index contributed by atoms with van der Waals surface area (Å²) in [7, 11) is 0. The summed E-state index contributed by atoms with van der Waals surface area (Å²) < 4.78 is 5.94. The van der Waals surface area contributed by atoms with Crippen molar-refractivity contribution in [2.24, 2.45) is 5.92 Å². The molecule has 0 aromatic heterocycles. The number of carbonyl (C=O) groups excluding carboxylic acids is 2. The first-order chi connectivity index (χ1) is 21.8. The Hall–Kier alpha value is -5.84. The van der Waals surface area contributed by atoms with E-state index in [1.165, 1.54) is 36.4 Å². The molecule has 0 spiro atoms. The molecule has 0 fully saturated rings. The third-order valence-electron chi connectivity index (χ3n) is 8.68. The van der Waals surface area contributed by atoms with Crippen LogP contribution in [-0.4, -0.2) is 52.4 Å². The van der Waals surface area contributed by atoms with Crippen LogP contribution in [0.3, 0.4) is 0 Å². The smallest absolute Gasteiger partial charge is 0.174 e. The normalized spacial score (nSPS) is 20.8. The minimum absolute atomic E-state index is 0.0722. The van der Waals surface area contributed by atoms with Gasteiger partial charge < -0.3 is 45.6 Å². The van der Waals surface area contributed by atoms with Crippen LogP contribution in [0.4, 0.5) is 0 Å². The molecule has 0 saturated carbocycles. The second-order valence-electron chi connectivity index (χ2n) is 11.7. The SMILES string of the molecule is CC1=C[C@H](c2c(O)ccc(C3CC(=O)c4c(O)cc(O)cc4O3)c2O)C(C(=O)c2ccc(O)cc2O)[C@H](c2ccc(O)cc2O)C1. The molecule has 236 valence electrons. The van der Waals surface area contributed by atoms with Crippen molar-refractivity contribution in [1.82, 2.24) is 0 Å². The van der Waals surface area contributed by atoms with Crippen LogP contribution in [0.5, 0.6) is 51.7 Å². The van der Waals surface area contributed by atoms with Crippen LogP contribution in [-0.2, 0) is 0 Å². The van der Waals surface area contributed by atoms with Crippen LogP contribution >= 0.6 is 0 Å². The molecular weight excluding hydrogens is 596 g/mol. The van der Waals surface area contributed by atoms with E-state index >= 15 is 0 Å². The lowest BCUT2D eigenvalue weighted by Crippen LogP contribution is -2.32. The van der Waals surface area contributed by atoms with E-state index in [2.05, 4.69) is 0 Å². The minimum atomic E-state index is -1.15. The van der Waals surface area contributed by atoms with E-state index in [4.69, 9.17) is 4.74 Å². The molecule has 4 aromatic rings. The molecule has 8 N–H and O–H groups in total. The van der Waals surface area contributed by atoms with Crippen molar-refractivity contribution in [1.29, 1.82) is 0 Å². The maximum absolute atomic E-state index is 14.4. The number of benzene rings is 4. The summed E-state index contributed by atoms with van der Waals surface area (Å²) in [5.41, 5.74) is 0.811. The first-order valence-corrected chi connectivity index (χ1v) is 14.4. The number of carbonyl (C=O) groups is 2. The number of ether oxygens (including phenoxy) is 1. The molecule has 2 unspecified atom stereocenters. The van der Waals surface area contributed by atoms with E-state index in [0.29, 0.717) is 5.56 Å². The molecule has 1 aliphatic heterocycles. The first-order valence-electron chi connectivity index (χ1n) is 14.4. The zero-order valence-electron chi connectivity index (χ0n) is 24.4. The summed E-state index contributed by atoms with van der Waals surface area (Å²) in [6.07, 6.45) is 0.567. The molecule has 0 amide bonds. The zero-order valence-corrected chi connectivity index (χ0v) is 24.4. The molecule has 0 radical (unpaired) electrons. The Bertz CT molecular complexity index is 1940. The first kappa shape index (κ1) is 30.2. The van der Waals surface area contributed by atoms with Gasteiger partial charge in [0.1, 0.15) is 63.4 Å². The van der Waals surface area contributed by atoms with E-state index in [1.54, 1.807) is 13.0 Å². The largest absolute Gasteiger partial charge is 0.508 e. The summed E-state index contributed by atoms with van der Waals surface area (Å²) in [5.74, 6) is -7.09.